The Bertz CT molecular complexity index is 487. The van der Waals surface area contributed by atoms with Crippen LogP contribution in [0.2, 0.25) is 0 Å². The second-order valence-corrected chi connectivity index (χ2v) is 5.78. The summed E-state index contributed by atoms with van der Waals surface area (Å²) >= 11 is 1.33. The molecule has 0 aliphatic carbocycles. The predicted molar refractivity (Wildman–Crippen MR) is 72.1 cm³/mol. The summed E-state index contributed by atoms with van der Waals surface area (Å²) in [7, 11) is 0. The molecule has 0 aromatic heterocycles. The van der Waals surface area contributed by atoms with E-state index in [1.165, 1.54) is 11.8 Å². The maximum atomic E-state index is 11.5. The van der Waals surface area contributed by atoms with Crippen molar-refractivity contribution in [2.45, 2.75) is 31.3 Å². The van der Waals surface area contributed by atoms with Crippen molar-refractivity contribution in [3.05, 3.63) is 23.8 Å². The number of nitriles is 1. The number of carbonyl (C=O) groups is 1. The van der Waals surface area contributed by atoms with Crippen LogP contribution in [0.3, 0.4) is 0 Å². The lowest BCUT2D eigenvalue weighted by Crippen LogP contribution is -2.24. The molecule has 0 aliphatic rings. The highest BCUT2D eigenvalue weighted by atomic mass is 32.2. The molecule has 0 unspecified atom stereocenters. The summed E-state index contributed by atoms with van der Waals surface area (Å²) in [4.78, 5) is 12.3. The monoisotopic (exact) mass is 264 g/mol. The number of nitrogens with two attached hydrogens (primary N) is 1. The second-order valence-electron chi connectivity index (χ2n) is 4.74. The largest absolute Gasteiger partial charge is 0.459 e. The molecule has 0 amide bonds. The summed E-state index contributed by atoms with van der Waals surface area (Å²) in [6, 6.07) is 7.12. The average Bonchev–Trinajstić information content (AvgIpc) is 2.25. The second kappa shape index (κ2) is 5.78. The summed E-state index contributed by atoms with van der Waals surface area (Å²) < 4.78 is 5.19. The van der Waals surface area contributed by atoms with Crippen LogP contribution in [0.5, 0.6) is 0 Å². The van der Waals surface area contributed by atoms with E-state index in [4.69, 9.17) is 15.7 Å². The van der Waals surface area contributed by atoms with Crippen molar-refractivity contribution < 1.29 is 9.53 Å². The van der Waals surface area contributed by atoms with Crippen molar-refractivity contribution in [1.29, 1.82) is 5.26 Å². The normalized spacial score (nSPS) is 10.8. The zero-order valence-corrected chi connectivity index (χ0v) is 11.5. The Balaban J connectivity index is 2.60. The smallest absolute Gasteiger partial charge is 0.316 e. The van der Waals surface area contributed by atoms with Crippen molar-refractivity contribution in [3.63, 3.8) is 0 Å². The van der Waals surface area contributed by atoms with Crippen LogP contribution in [-0.2, 0) is 9.53 Å². The molecule has 0 spiro atoms. The highest BCUT2D eigenvalue weighted by Crippen LogP contribution is 2.23. The van der Waals surface area contributed by atoms with Crippen LogP contribution in [0.25, 0.3) is 0 Å². The van der Waals surface area contributed by atoms with Gasteiger partial charge in [0.15, 0.2) is 0 Å². The number of anilines is 1. The van der Waals surface area contributed by atoms with E-state index in [0.717, 1.165) is 4.90 Å². The van der Waals surface area contributed by atoms with Crippen LogP contribution in [0.1, 0.15) is 26.3 Å². The van der Waals surface area contributed by atoms with Gasteiger partial charge in [0, 0.05) is 10.6 Å². The zero-order valence-electron chi connectivity index (χ0n) is 10.7. The molecule has 0 saturated heterocycles. The predicted octanol–water partition coefficient (Wildman–Crippen LogP) is 2.57. The minimum Gasteiger partial charge on any atom is -0.459 e. The van der Waals surface area contributed by atoms with Crippen molar-refractivity contribution in [1.82, 2.24) is 0 Å². The van der Waals surface area contributed by atoms with Gasteiger partial charge in [0.25, 0.3) is 0 Å². The maximum Gasteiger partial charge on any atom is 0.316 e. The molecule has 1 aromatic carbocycles. The number of rotatable bonds is 3. The molecule has 4 nitrogen and oxygen atoms in total. The Kier molecular flexibility index (Phi) is 4.62. The van der Waals surface area contributed by atoms with Gasteiger partial charge in [-0.25, -0.2) is 0 Å². The molecule has 1 aromatic rings. The molecule has 0 atom stereocenters. The lowest BCUT2D eigenvalue weighted by Gasteiger charge is -2.19. The number of nitrogen functional groups attached to an aromatic ring is 1. The third-order valence-electron chi connectivity index (χ3n) is 1.92. The quantitative estimate of drug-likeness (QED) is 0.516. The first-order valence-electron chi connectivity index (χ1n) is 5.46. The molecule has 1 rings (SSSR count). The van der Waals surface area contributed by atoms with Crippen molar-refractivity contribution in [2.24, 2.45) is 0 Å². The fourth-order valence-corrected chi connectivity index (χ4v) is 1.94. The standard InChI is InChI=1S/C13H16N2O2S/c1-13(2,3)17-12(16)8-18-10-4-5-11(15)9(6-10)7-14/h4-6H,8,15H2,1-3H3. The Hall–Kier alpha value is -1.67. The number of hydrogen-bond donors (Lipinski definition) is 1. The minimum atomic E-state index is -0.476. The first kappa shape index (κ1) is 14.4. The van der Waals surface area contributed by atoms with Crippen LogP contribution in [0, 0.1) is 11.3 Å². The molecule has 5 heteroatoms. The Morgan fingerprint density at radius 1 is 1.50 bits per heavy atom. The number of esters is 1. The fraction of sp³-hybridized carbons (Fsp3) is 0.385. The van der Waals surface area contributed by atoms with Gasteiger partial charge in [0.1, 0.15) is 11.7 Å². The number of carbonyl (C=O) groups excluding carboxylic acids is 1. The highest BCUT2D eigenvalue weighted by molar-refractivity contribution is 8.00. The lowest BCUT2D eigenvalue weighted by atomic mass is 10.2. The molecule has 18 heavy (non-hydrogen) atoms. The van der Waals surface area contributed by atoms with E-state index in [1.807, 2.05) is 26.8 Å². The molecule has 0 heterocycles. The van der Waals surface area contributed by atoms with E-state index < -0.39 is 5.60 Å². The van der Waals surface area contributed by atoms with Gasteiger partial charge in [-0.1, -0.05) is 0 Å². The third kappa shape index (κ3) is 4.68. The van der Waals surface area contributed by atoms with E-state index in [0.29, 0.717) is 11.3 Å². The molecule has 96 valence electrons. The molecule has 2 N–H and O–H groups in total. The summed E-state index contributed by atoms with van der Waals surface area (Å²) in [6.45, 7) is 5.48. The first-order valence-corrected chi connectivity index (χ1v) is 6.44. The summed E-state index contributed by atoms with van der Waals surface area (Å²) in [5.74, 6) is -0.0608. The van der Waals surface area contributed by atoms with Gasteiger partial charge in [-0.15, -0.1) is 11.8 Å². The van der Waals surface area contributed by atoms with Crippen LogP contribution >= 0.6 is 11.8 Å². The van der Waals surface area contributed by atoms with Crippen LogP contribution < -0.4 is 5.73 Å². The van der Waals surface area contributed by atoms with E-state index in [2.05, 4.69) is 0 Å². The van der Waals surface area contributed by atoms with Crippen LogP contribution in [-0.4, -0.2) is 17.3 Å². The Morgan fingerprint density at radius 2 is 2.17 bits per heavy atom. The SMILES string of the molecule is CC(C)(C)OC(=O)CSc1ccc(N)c(C#N)c1. The summed E-state index contributed by atoms with van der Waals surface area (Å²) in [5.41, 5.74) is 6.00. The minimum absolute atomic E-state index is 0.214. The topological polar surface area (TPSA) is 76.1 Å². The summed E-state index contributed by atoms with van der Waals surface area (Å²) in [6.07, 6.45) is 0. The molecule has 0 radical (unpaired) electrons. The zero-order chi connectivity index (χ0) is 13.8. The average molecular weight is 264 g/mol. The number of benzene rings is 1. The number of ether oxygens (including phenoxy) is 1. The van der Waals surface area contributed by atoms with Gasteiger partial charge < -0.3 is 10.5 Å². The molecule has 0 saturated carbocycles. The first-order chi connectivity index (χ1) is 8.31. The van der Waals surface area contributed by atoms with E-state index in [1.54, 1.807) is 18.2 Å². The van der Waals surface area contributed by atoms with E-state index in [-0.39, 0.29) is 11.7 Å². The van der Waals surface area contributed by atoms with Gasteiger partial charge in [-0.2, -0.15) is 5.26 Å². The van der Waals surface area contributed by atoms with Crippen molar-refractivity contribution >= 4 is 23.4 Å². The molecule has 0 aliphatic heterocycles. The Labute approximate surface area is 111 Å². The van der Waals surface area contributed by atoms with Gasteiger partial charge in [-0.3, -0.25) is 4.79 Å². The van der Waals surface area contributed by atoms with Gasteiger partial charge in [0.2, 0.25) is 0 Å². The van der Waals surface area contributed by atoms with Crippen LogP contribution in [0.15, 0.2) is 23.1 Å². The number of thioether (sulfide) groups is 1. The molecule has 0 fully saturated rings. The molecule has 0 bridgehead atoms. The van der Waals surface area contributed by atoms with Gasteiger partial charge in [0.05, 0.1) is 11.3 Å². The fourth-order valence-electron chi connectivity index (χ4n) is 1.24. The van der Waals surface area contributed by atoms with Crippen molar-refractivity contribution in [2.75, 3.05) is 11.5 Å². The molecular formula is C13H16N2O2S. The molecular weight excluding hydrogens is 248 g/mol. The number of hydrogen-bond acceptors (Lipinski definition) is 5. The van der Waals surface area contributed by atoms with Gasteiger partial charge >= 0.3 is 5.97 Å². The highest BCUT2D eigenvalue weighted by Gasteiger charge is 2.16. The van der Waals surface area contributed by atoms with Crippen molar-refractivity contribution in [3.8, 4) is 6.07 Å². The summed E-state index contributed by atoms with van der Waals surface area (Å²) in [5, 5.41) is 8.84. The van der Waals surface area contributed by atoms with E-state index in [9.17, 15) is 4.79 Å². The van der Waals surface area contributed by atoms with Crippen LogP contribution in [0.4, 0.5) is 5.69 Å². The lowest BCUT2D eigenvalue weighted by molar-refractivity contribution is -0.151. The van der Waals surface area contributed by atoms with E-state index >= 15 is 0 Å². The third-order valence-corrected chi connectivity index (χ3v) is 2.89. The maximum absolute atomic E-state index is 11.5. The number of nitrogens with zero attached hydrogens (tertiary/aromatic N) is 1. The van der Waals surface area contributed by atoms with Gasteiger partial charge in [-0.05, 0) is 39.0 Å². The Morgan fingerprint density at radius 3 is 2.72 bits per heavy atom.